The first-order valence-corrected chi connectivity index (χ1v) is 24.7. The van der Waals surface area contributed by atoms with Crippen LogP contribution >= 0.6 is 0 Å². The molecule has 0 amide bonds. The Morgan fingerprint density at radius 2 is 1.02 bits per heavy atom. The lowest BCUT2D eigenvalue weighted by Gasteiger charge is -2.40. The van der Waals surface area contributed by atoms with Crippen LogP contribution in [0.4, 0.5) is 0 Å². The van der Waals surface area contributed by atoms with Crippen LogP contribution in [0.15, 0.2) is 72.8 Å². The van der Waals surface area contributed by atoms with Gasteiger partial charge in [0, 0.05) is 30.0 Å². The van der Waals surface area contributed by atoms with Crippen LogP contribution in [0.2, 0.25) is 0 Å². The van der Waals surface area contributed by atoms with Crippen molar-refractivity contribution in [3.63, 3.8) is 0 Å². The molecule has 65 heavy (non-hydrogen) atoms. The normalized spacial score (nSPS) is 20.0. The summed E-state index contributed by atoms with van der Waals surface area (Å²) in [6, 6.07) is 23.4. The summed E-state index contributed by atoms with van der Waals surface area (Å²) in [5.74, 6) is 1.31. The largest absolute Gasteiger partial charge is 0.494 e. The topological polar surface area (TPSA) is 108 Å². The van der Waals surface area contributed by atoms with Crippen LogP contribution in [-0.2, 0) is 28.4 Å². The third-order valence-corrected chi connectivity index (χ3v) is 14.1. The van der Waals surface area contributed by atoms with Crippen LogP contribution in [0.5, 0.6) is 11.5 Å². The molecule has 0 radical (unpaired) electrons. The SMILES string of the molecule is CCC1(COCCCCCCOc2ccc3cc(C(=O)O[C@H]4CC[C@H](OC(=O)c5ccc6cc(OCCCCCCOCC7(CC)COC7)ccc6c5)[C@@H](C(C)C)C4)ccc3c2)COC1. The number of benzene rings is 4. The zero-order valence-electron chi connectivity index (χ0n) is 39.6. The molecular formula is C55H74O10. The maximum atomic E-state index is 13.5. The van der Waals surface area contributed by atoms with Crippen molar-refractivity contribution in [3.05, 3.63) is 83.9 Å². The summed E-state index contributed by atoms with van der Waals surface area (Å²) in [7, 11) is 0. The average Bonchev–Trinajstić information content (AvgIpc) is 3.29. The van der Waals surface area contributed by atoms with E-state index >= 15 is 0 Å². The zero-order valence-corrected chi connectivity index (χ0v) is 39.6. The van der Waals surface area contributed by atoms with E-state index in [9.17, 15) is 9.59 Å². The maximum absolute atomic E-state index is 13.5. The number of hydrogen-bond acceptors (Lipinski definition) is 10. The van der Waals surface area contributed by atoms with Gasteiger partial charge in [-0.15, -0.1) is 0 Å². The van der Waals surface area contributed by atoms with Crippen molar-refractivity contribution in [2.75, 3.05) is 66.1 Å². The van der Waals surface area contributed by atoms with Gasteiger partial charge in [-0.2, -0.15) is 0 Å². The van der Waals surface area contributed by atoms with Crippen molar-refractivity contribution in [3.8, 4) is 11.5 Å². The molecule has 1 saturated carbocycles. The van der Waals surface area contributed by atoms with E-state index in [-0.39, 0.29) is 46.8 Å². The van der Waals surface area contributed by atoms with Crippen molar-refractivity contribution in [2.45, 2.75) is 123 Å². The summed E-state index contributed by atoms with van der Waals surface area (Å²) in [6.45, 7) is 16.6. The zero-order chi connectivity index (χ0) is 45.5. The molecule has 4 aromatic rings. The number of carbonyl (C=O) groups is 2. The third-order valence-electron chi connectivity index (χ3n) is 14.1. The summed E-state index contributed by atoms with van der Waals surface area (Å²) >= 11 is 0. The number of fused-ring (bicyclic) bond motifs is 2. The molecule has 7 rings (SSSR count). The Hall–Kier alpha value is -4.22. The average molecular weight is 895 g/mol. The standard InChI is InChI=1S/C55H74O10/c1-5-54(36-60-37-54)34-58-25-11-7-9-13-27-62-47-21-19-41-29-45(17-15-43(41)31-47)52(56)64-49-23-24-51(50(33-49)40(3)4)65-53(57)46-18-16-44-32-48(22-20-42(44)30-46)63-28-14-10-8-12-26-59-35-55(6-2)38-61-39-55/h15-22,29-32,40,49-51H,5-14,23-28,33-39H2,1-4H3/t49-,50+,51-/m0/s1. The van der Waals surface area contributed by atoms with E-state index in [1.54, 1.807) is 0 Å². The molecule has 1 aliphatic carbocycles. The predicted molar refractivity (Wildman–Crippen MR) is 255 cm³/mol. The molecule has 3 atom stereocenters. The summed E-state index contributed by atoms with van der Waals surface area (Å²) in [5, 5.41) is 3.95. The second-order valence-corrected chi connectivity index (χ2v) is 19.5. The molecule has 0 spiro atoms. The van der Waals surface area contributed by atoms with Crippen molar-refractivity contribution in [1.82, 2.24) is 0 Å². The van der Waals surface area contributed by atoms with Crippen LogP contribution < -0.4 is 9.47 Å². The highest BCUT2D eigenvalue weighted by atomic mass is 16.6. The Morgan fingerprint density at radius 3 is 1.46 bits per heavy atom. The summed E-state index contributed by atoms with van der Waals surface area (Å²) < 4.78 is 47.0. The Balaban J connectivity index is 0.794. The molecule has 354 valence electrons. The lowest BCUT2D eigenvalue weighted by Crippen LogP contribution is -2.45. The van der Waals surface area contributed by atoms with Crippen LogP contribution in [0.1, 0.15) is 132 Å². The Bertz CT molecular complexity index is 2110. The number of carbonyl (C=O) groups excluding carboxylic acids is 2. The van der Waals surface area contributed by atoms with Crippen LogP contribution in [0.3, 0.4) is 0 Å². The van der Waals surface area contributed by atoms with Crippen LogP contribution in [0.25, 0.3) is 21.5 Å². The molecular weight excluding hydrogens is 821 g/mol. The van der Waals surface area contributed by atoms with E-state index in [4.69, 9.17) is 37.9 Å². The third kappa shape index (κ3) is 13.7. The first-order chi connectivity index (χ1) is 31.7. The van der Waals surface area contributed by atoms with Gasteiger partial charge in [0.15, 0.2) is 0 Å². The Labute approximate surface area is 387 Å². The summed E-state index contributed by atoms with van der Waals surface area (Å²) in [4.78, 5) is 27.0. The van der Waals surface area contributed by atoms with Gasteiger partial charge in [-0.25, -0.2) is 9.59 Å². The lowest BCUT2D eigenvalue weighted by molar-refractivity contribution is -0.150. The highest BCUT2D eigenvalue weighted by Crippen LogP contribution is 2.36. The monoisotopic (exact) mass is 895 g/mol. The predicted octanol–water partition coefficient (Wildman–Crippen LogP) is 12.0. The van der Waals surface area contributed by atoms with Gasteiger partial charge in [0.1, 0.15) is 23.7 Å². The fourth-order valence-electron chi connectivity index (χ4n) is 9.24. The fourth-order valence-corrected chi connectivity index (χ4v) is 9.24. The minimum Gasteiger partial charge on any atom is -0.494 e. The Kier molecular flexibility index (Phi) is 18.0. The van der Waals surface area contributed by atoms with Gasteiger partial charge < -0.3 is 37.9 Å². The van der Waals surface area contributed by atoms with Gasteiger partial charge in [0.25, 0.3) is 0 Å². The first-order valence-electron chi connectivity index (χ1n) is 24.7. The smallest absolute Gasteiger partial charge is 0.338 e. The van der Waals surface area contributed by atoms with Gasteiger partial charge >= 0.3 is 11.9 Å². The van der Waals surface area contributed by atoms with E-state index in [2.05, 4.69) is 27.7 Å². The second kappa shape index (κ2) is 24.0. The number of esters is 2. The molecule has 3 aliphatic rings. The van der Waals surface area contributed by atoms with Crippen LogP contribution in [0, 0.1) is 22.7 Å². The molecule has 0 bridgehead atoms. The molecule has 10 nitrogen and oxygen atoms in total. The van der Waals surface area contributed by atoms with Gasteiger partial charge in [-0.3, -0.25) is 0 Å². The molecule has 0 unspecified atom stereocenters. The maximum Gasteiger partial charge on any atom is 0.338 e. The lowest BCUT2D eigenvalue weighted by atomic mass is 9.78. The van der Waals surface area contributed by atoms with Gasteiger partial charge in [0.2, 0.25) is 0 Å². The molecule has 2 saturated heterocycles. The number of unbranched alkanes of at least 4 members (excludes halogenated alkanes) is 6. The van der Waals surface area contributed by atoms with Crippen molar-refractivity contribution in [1.29, 1.82) is 0 Å². The van der Waals surface area contributed by atoms with Crippen LogP contribution in [-0.4, -0.2) is 90.2 Å². The summed E-state index contributed by atoms with van der Waals surface area (Å²) in [5.41, 5.74) is 1.56. The first kappa shape index (κ1) is 48.7. The fraction of sp³-hybridized carbons (Fsp3) is 0.600. The van der Waals surface area contributed by atoms with Crippen molar-refractivity contribution < 1.29 is 47.5 Å². The van der Waals surface area contributed by atoms with E-state index in [0.29, 0.717) is 43.6 Å². The highest BCUT2D eigenvalue weighted by molar-refractivity contribution is 5.96. The number of rotatable bonds is 27. The number of ether oxygens (including phenoxy) is 8. The van der Waals surface area contributed by atoms with Crippen molar-refractivity contribution in [2.24, 2.45) is 22.7 Å². The van der Waals surface area contributed by atoms with Crippen molar-refractivity contribution >= 4 is 33.5 Å². The second-order valence-electron chi connectivity index (χ2n) is 19.5. The molecule has 0 N–H and O–H groups in total. The minimum absolute atomic E-state index is 0.0647. The van der Waals surface area contributed by atoms with Gasteiger partial charge in [-0.1, -0.05) is 64.8 Å². The Morgan fingerprint density at radius 1 is 0.569 bits per heavy atom. The van der Waals surface area contributed by atoms with E-state index < -0.39 is 0 Å². The molecule has 3 fully saturated rings. The van der Waals surface area contributed by atoms with Gasteiger partial charge in [0.05, 0.1) is 64.0 Å². The molecule has 4 aromatic carbocycles. The molecule has 2 heterocycles. The van der Waals surface area contributed by atoms with E-state index in [1.807, 2.05) is 72.8 Å². The van der Waals surface area contributed by atoms with E-state index in [1.165, 1.54) is 0 Å². The summed E-state index contributed by atoms with van der Waals surface area (Å²) in [6.07, 6.45) is 12.2. The minimum atomic E-state index is -0.329. The van der Waals surface area contributed by atoms with Gasteiger partial charge in [-0.05, 0) is 147 Å². The molecule has 10 heteroatoms. The molecule has 2 aliphatic heterocycles. The highest BCUT2D eigenvalue weighted by Gasteiger charge is 2.39. The quantitative estimate of drug-likeness (QED) is 0.0424. The number of hydrogen-bond donors (Lipinski definition) is 0. The van der Waals surface area contributed by atoms with E-state index in [0.717, 1.165) is 150 Å². The molecule has 0 aromatic heterocycles.